The van der Waals surface area contributed by atoms with E-state index in [2.05, 4.69) is 10.3 Å². The summed E-state index contributed by atoms with van der Waals surface area (Å²) in [6.07, 6.45) is 2.93. The molecule has 3 N–H and O–H groups in total. The standard InChI is InChI=1S/C14H17N3OS.ClH/c1-2-12(14-16-6-7-19-14)17-13(18)9-10-4-3-5-11(15)8-10;/h3-8,12H,2,9,15H2,1H3,(H,17,18);1H. The molecular weight excluding hydrogens is 294 g/mol. The summed E-state index contributed by atoms with van der Waals surface area (Å²) in [5, 5.41) is 5.87. The summed E-state index contributed by atoms with van der Waals surface area (Å²) in [7, 11) is 0. The van der Waals surface area contributed by atoms with Crippen LogP contribution in [0.15, 0.2) is 35.8 Å². The van der Waals surface area contributed by atoms with Crippen LogP contribution in [0.5, 0.6) is 0 Å². The van der Waals surface area contributed by atoms with Crippen molar-refractivity contribution in [2.45, 2.75) is 25.8 Å². The van der Waals surface area contributed by atoms with E-state index in [0.29, 0.717) is 12.1 Å². The van der Waals surface area contributed by atoms with Crippen molar-refractivity contribution in [3.63, 3.8) is 0 Å². The fraction of sp³-hybridized carbons (Fsp3) is 0.286. The average Bonchev–Trinajstić information content (AvgIpc) is 2.89. The van der Waals surface area contributed by atoms with Crippen LogP contribution in [0, 0.1) is 0 Å². The molecule has 20 heavy (non-hydrogen) atoms. The Morgan fingerprint density at radius 3 is 2.90 bits per heavy atom. The molecule has 108 valence electrons. The van der Waals surface area contributed by atoms with E-state index in [1.165, 1.54) is 0 Å². The lowest BCUT2D eigenvalue weighted by Gasteiger charge is -2.14. The molecule has 1 amide bonds. The van der Waals surface area contributed by atoms with Crippen molar-refractivity contribution in [3.05, 3.63) is 46.4 Å². The van der Waals surface area contributed by atoms with Gasteiger partial charge in [-0.3, -0.25) is 4.79 Å². The molecule has 1 atom stereocenters. The molecule has 0 radical (unpaired) electrons. The van der Waals surface area contributed by atoms with E-state index in [-0.39, 0.29) is 24.4 Å². The number of nitrogens with one attached hydrogen (secondary N) is 1. The van der Waals surface area contributed by atoms with E-state index in [1.54, 1.807) is 17.5 Å². The Hall–Kier alpha value is -1.59. The van der Waals surface area contributed by atoms with Gasteiger partial charge in [-0.15, -0.1) is 23.7 Å². The monoisotopic (exact) mass is 311 g/mol. The van der Waals surface area contributed by atoms with Crippen molar-refractivity contribution in [2.75, 3.05) is 5.73 Å². The highest BCUT2D eigenvalue weighted by Crippen LogP contribution is 2.19. The molecule has 0 aliphatic heterocycles. The highest BCUT2D eigenvalue weighted by Gasteiger charge is 2.15. The molecule has 1 aromatic carbocycles. The second-order valence-electron chi connectivity index (χ2n) is 4.32. The number of nitrogen functional groups attached to an aromatic ring is 1. The van der Waals surface area contributed by atoms with Crippen LogP contribution in [0.4, 0.5) is 5.69 Å². The first kappa shape index (κ1) is 16.5. The number of carbonyl (C=O) groups excluding carboxylic acids is 1. The third-order valence-electron chi connectivity index (χ3n) is 2.81. The molecule has 6 heteroatoms. The van der Waals surface area contributed by atoms with Gasteiger partial charge < -0.3 is 11.1 Å². The summed E-state index contributed by atoms with van der Waals surface area (Å²) in [5.41, 5.74) is 7.30. The quantitative estimate of drug-likeness (QED) is 0.834. The molecule has 2 aromatic rings. The van der Waals surface area contributed by atoms with E-state index in [0.717, 1.165) is 17.0 Å². The number of hydrogen-bond acceptors (Lipinski definition) is 4. The maximum atomic E-state index is 12.0. The highest BCUT2D eigenvalue weighted by molar-refractivity contribution is 7.09. The third-order valence-corrected chi connectivity index (χ3v) is 3.70. The van der Waals surface area contributed by atoms with Crippen LogP contribution < -0.4 is 11.1 Å². The second kappa shape index (κ2) is 7.87. The van der Waals surface area contributed by atoms with Crippen LogP contribution in [0.25, 0.3) is 0 Å². The molecule has 1 heterocycles. The number of hydrogen-bond donors (Lipinski definition) is 2. The number of nitrogens with two attached hydrogens (primary N) is 1. The fourth-order valence-electron chi connectivity index (χ4n) is 1.88. The lowest BCUT2D eigenvalue weighted by Crippen LogP contribution is -2.29. The zero-order valence-electron chi connectivity index (χ0n) is 11.2. The Labute approximate surface area is 128 Å². The van der Waals surface area contributed by atoms with Crippen molar-refractivity contribution in [2.24, 2.45) is 0 Å². The van der Waals surface area contributed by atoms with E-state index in [4.69, 9.17) is 5.73 Å². The number of thiazole rings is 1. The summed E-state index contributed by atoms with van der Waals surface area (Å²) in [5.74, 6) is -0.00681. The number of aromatic nitrogens is 1. The van der Waals surface area contributed by atoms with E-state index in [1.807, 2.05) is 36.6 Å². The zero-order chi connectivity index (χ0) is 13.7. The Kier molecular flexibility index (Phi) is 6.48. The molecule has 2 rings (SSSR count). The predicted octanol–water partition coefficient (Wildman–Crippen LogP) is 2.96. The molecule has 0 fully saturated rings. The van der Waals surface area contributed by atoms with Crippen molar-refractivity contribution in [3.8, 4) is 0 Å². The first-order valence-corrected chi connectivity index (χ1v) is 7.10. The number of rotatable bonds is 5. The summed E-state index contributed by atoms with van der Waals surface area (Å²) >= 11 is 1.56. The van der Waals surface area contributed by atoms with Gasteiger partial charge in [0.2, 0.25) is 5.91 Å². The lowest BCUT2D eigenvalue weighted by atomic mass is 10.1. The normalized spacial score (nSPS) is 11.4. The summed E-state index contributed by atoms with van der Waals surface area (Å²) < 4.78 is 0. The Balaban J connectivity index is 0.00000200. The van der Waals surface area contributed by atoms with E-state index in [9.17, 15) is 4.79 Å². The summed E-state index contributed by atoms with van der Waals surface area (Å²) in [6, 6.07) is 7.39. The minimum Gasteiger partial charge on any atom is -0.399 e. The number of benzene rings is 1. The largest absolute Gasteiger partial charge is 0.399 e. The molecule has 0 saturated heterocycles. The Morgan fingerprint density at radius 1 is 1.50 bits per heavy atom. The minimum absolute atomic E-state index is 0. The number of anilines is 1. The van der Waals surface area contributed by atoms with Gasteiger partial charge in [-0.1, -0.05) is 19.1 Å². The van der Waals surface area contributed by atoms with Crippen molar-refractivity contribution in [1.29, 1.82) is 0 Å². The molecule has 0 spiro atoms. The first-order chi connectivity index (χ1) is 9.19. The van der Waals surface area contributed by atoms with Crippen LogP contribution in [-0.2, 0) is 11.2 Å². The van der Waals surface area contributed by atoms with Crippen LogP contribution >= 0.6 is 23.7 Å². The molecule has 0 aliphatic carbocycles. The predicted molar refractivity (Wildman–Crippen MR) is 85.1 cm³/mol. The third kappa shape index (κ3) is 4.51. The molecule has 1 unspecified atom stereocenters. The van der Waals surface area contributed by atoms with Crippen LogP contribution in [0.1, 0.15) is 30.0 Å². The number of nitrogens with zero attached hydrogens (tertiary/aromatic N) is 1. The van der Waals surface area contributed by atoms with Gasteiger partial charge in [0.25, 0.3) is 0 Å². The van der Waals surface area contributed by atoms with Crippen molar-refractivity contribution in [1.82, 2.24) is 10.3 Å². The van der Waals surface area contributed by atoms with Gasteiger partial charge in [0, 0.05) is 17.3 Å². The molecule has 0 aliphatic rings. The molecule has 4 nitrogen and oxygen atoms in total. The number of carbonyl (C=O) groups is 1. The SMILES string of the molecule is CCC(NC(=O)Cc1cccc(N)c1)c1nccs1.Cl. The molecule has 1 aromatic heterocycles. The summed E-state index contributed by atoms with van der Waals surface area (Å²) in [4.78, 5) is 16.3. The van der Waals surface area contributed by atoms with Gasteiger partial charge in [-0.05, 0) is 24.1 Å². The average molecular weight is 312 g/mol. The van der Waals surface area contributed by atoms with Crippen molar-refractivity contribution >= 4 is 35.3 Å². The molecular formula is C14H18ClN3OS. The maximum Gasteiger partial charge on any atom is 0.224 e. The van der Waals surface area contributed by atoms with Crippen LogP contribution in [0.2, 0.25) is 0 Å². The fourth-order valence-corrected chi connectivity index (χ4v) is 2.65. The van der Waals surface area contributed by atoms with Gasteiger partial charge in [0.1, 0.15) is 5.01 Å². The van der Waals surface area contributed by atoms with E-state index >= 15 is 0 Å². The van der Waals surface area contributed by atoms with Gasteiger partial charge in [-0.25, -0.2) is 4.98 Å². The number of halogens is 1. The Morgan fingerprint density at radius 2 is 2.30 bits per heavy atom. The minimum atomic E-state index is -0.00681. The van der Waals surface area contributed by atoms with E-state index < -0.39 is 0 Å². The lowest BCUT2D eigenvalue weighted by molar-refractivity contribution is -0.121. The first-order valence-electron chi connectivity index (χ1n) is 6.22. The second-order valence-corrected chi connectivity index (χ2v) is 5.25. The maximum absolute atomic E-state index is 12.0. The van der Waals surface area contributed by atoms with Gasteiger partial charge in [0.05, 0.1) is 12.5 Å². The molecule has 0 bridgehead atoms. The molecule has 0 saturated carbocycles. The van der Waals surface area contributed by atoms with Gasteiger partial charge >= 0.3 is 0 Å². The highest BCUT2D eigenvalue weighted by atomic mass is 35.5. The topological polar surface area (TPSA) is 68.0 Å². The van der Waals surface area contributed by atoms with Gasteiger partial charge in [-0.2, -0.15) is 0 Å². The number of amides is 1. The van der Waals surface area contributed by atoms with Gasteiger partial charge in [0.15, 0.2) is 0 Å². The Bertz CT molecular complexity index is 545. The van der Waals surface area contributed by atoms with Crippen molar-refractivity contribution < 1.29 is 4.79 Å². The van der Waals surface area contributed by atoms with Crippen LogP contribution in [-0.4, -0.2) is 10.9 Å². The smallest absolute Gasteiger partial charge is 0.224 e. The summed E-state index contributed by atoms with van der Waals surface area (Å²) in [6.45, 7) is 2.03. The zero-order valence-corrected chi connectivity index (χ0v) is 12.8. The van der Waals surface area contributed by atoms with Crippen LogP contribution in [0.3, 0.4) is 0 Å².